The molecule has 0 bridgehead atoms. The van der Waals surface area contributed by atoms with E-state index < -0.39 is 0 Å². The lowest BCUT2D eigenvalue weighted by atomic mass is 10.1. The number of thioether (sulfide) groups is 1. The van der Waals surface area contributed by atoms with E-state index in [1.165, 1.54) is 11.8 Å². The molecule has 126 valence electrons. The van der Waals surface area contributed by atoms with Crippen molar-refractivity contribution in [3.8, 4) is 0 Å². The van der Waals surface area contributed by atoms with E-state index in [0.717, 1.165) is 5.56 Å². The van der Waals surface area contributed by atoms with Crippen LogP contribution in [0.2, 0.25) is 0 Å². The predicted molar refractivity (Wildman–Crippen MR) is 97.1 cm³/mol. The number of para-hydroxylation sites is 1. The predicted octanol–water partition coefficient (Wildman–Crippen LogP) is 2.28. The standard InChI is InChI=1S/C18H20N2O3S/c21-10-11-24-13-17(22)20-16-9-5-4-8-15(16)18(23)19-12-14-6-2-1-3-7-14/h1-9,21H,10-13H2,(H,19,23)(H,20,22). The number of hydrogen-bond acceptors (Lipinski definition) is 4. The molecule has 24 heavy (non-hydrogen) atoms. The van der Waals surface area contributed by atoms with Crippen molar-refractivity contribution in [2.75, 3.05) is 23.4 Å². The van der Waals surface area contributed by atoms with E-state index in [2.05, 4.69) is 10.6 Å². The van der Waals surface area contributed by atoms with Crippen LogP contribution in [0.1, 0.15) is 15.9 Å². The minimum Gasteiger partial charge on any atom is -0.396 e. The Bertz CT molecular complexity index is 677. The summed E-state index contributed by atoms with van der Waals surface area (Å²) < 4.78 is 0. The maximum Gasteiger partial charge on any atom is 0.253 e. The Kier molecular flexibility index (Phi) is 7.32. The maximum absolute atomic E-state index is 12.4. The Labute approximate surface area is 145 Å². The largest absolute Gasteiger partial charge is 0.396 e. The minimum absolute atomic E-state index is 0.0381. The number of amides is 2. The molecule has 0 aromatic heterocycles. The molecule has 0 atom stereocenters. The van der Waals surface area contributed by atoms with Gasteiger partial charge in [-0.25, -0.2) is 0 Å². The van der Waals surface area contributed by atoms with Crippen molar-refractivity contribution in [3.05, 3.63) is 65.7 Å². The highest BCUT2D eigenvalue weighted by molar-refractivity contribution is 7.99. The second-order valence-corrected chi connectivity index (χ2v) is 6.14. The van der Waals surface area contributed by atoms with Crippen molar-refractivity contribution >= 4 is 29.3 Å². The van der Waals surface area contributed by atoms with E-state index in [1.54, 1.807) is 24.3 Å². The van der Waals surface area contributed by atoms with Gasteiger partial charge >= 0.3 is 0 Å². The Balaban J connectivity index is 1.97. The fraction of sp³-hybridized carbons (Fsp3) is 0.222. The molecule has 2 aromatic carbocycles. The first-order chi connectivity index (χ1) is 11.7. The smallest absolute Gasteiger partial charge is 0.253 e. The van der Waals surface area contributed by atoms with E-state index >= 15 is 0 Å². The Hall–Kier alpha value is -2.31. The molecule has 0 aliphatic rings. The normalized spacial score (nSPS) is 10.2. The molecule has 6 heteroatoms. The fourth-order valence-electron chi connectivity index (χ4n) is 2.08. The van der Waals surface area contributed by atoms with Crippen molar-refractivity contribution < 1.29 is 14.7 Å². The van der Waals surface area contributed by atoms with Gasteiger partial charge in [-0.3, -0.25) is 9.59 Å². The molecule has 0 saturated carbocycles. The average molecular weight is 344 g/mol. The van der Waals surface area contributed by atoms with Gasteiger partial charge in [0.2, 0.25) is 5.91 Å². The van der Waals surface area contributed by atoms with Crippen molar-refractivity contribution in [2.45, 2.75) is 6.54 Å². The van der Waals surface area contributed by atoms with E-state index in [9.17, 15) is 9.59 Å². The summed E-state index contributed by atoms with van der Waals surface area (Å²) >= 11 is 1.34. The van der Waals surface area contributed by atoms with E-state index in [0.29, 0.717) is 23.5 Å². The molecular weight excluding hydrogens is 324 g/mol. The summed E-state index contributed by atoms with van der Waals surface area (Å²) in [4.78, 5) is 24.3. The third-order valence-electron chi connectivity index (χ3n) is 3.21. The number of nitrogens with one attached hydrogen (secondary N) is 2. The van der Waals surface area contributed by atoms with Crippen LogP contribution in [-0.4, -0.2) is 35.0 Å². The molecule has 5 nitrogen and oxygen atoms in total. The number of anilines is 1. The highest BCUT2D eigenvalue weighted by Gasteiger charge is 2.12. The van der Waals surface area contributed by atoms with E-state index in [4.69, 9.17) is 5.11 Å². The first-order valence-electron chi connectivity index (χ1n) is 7.60. The van der Waals surface area contributed by atoms with Crippen molar-refractivity contribution in [1.29, 1.82) is 0 Å². The second-order valence-electron chi connectivity index (χ2n) is 5.04. The van der Waals surface area contributed by atoms with Crippen LogP contribution in [0.5, 0.6) is 0 Å². The molecule has 3 N–H and O–H groups in total. The first-order valence-corrected chi connectivity index (χ1v) is 8.76. The summed E-state index contributed by atoms with van der Waals surface area (Å²) in [5, 5.41) is 14.3. The highest BCUT2D eigenvalue weighted by Crippen LogP contribution is 2.16. The summed E-state index contributed by atoms with van der Waals surface area (Å²) in [6.07, 6.45) is 0. The van der Waals surface area contributed by atoms with Gasteiger partial charge in [0.25, 0.3) is 5.91 Å². The molecule has 0 saturated heterocycles. The van der Waals surface area contributed by atoms with Gasteiger partial charge in [-0.2, -0.15) is 0 Å². The lowest BCUT2D eigenvalue weighted by Crippen LogP contribution is -2.25. The molecule has 2 aromatic rings. The van der Waals surface area contributed by atoms with Gasteiger partial charge in [0.1, 0.15) is 0 Å². The number of benzene rings is 2. The number of rotatable bonds is 8. The molecule has 0 aliphatic heterocycles. The Morgan fingerprint density at radius 2 is 1.71 bits per heavy atom. The lowest BCUT2D eigenvalue weighted by Gasteiger charge is -2.11. The van der Waals surface area contributed by atoms with E-state index in [-0.39, 0.29) is 24.2 Å². The van der Waals surface area contributed by atoms with Crippen LogP contribution < -0.4 is 10.6 Å². The van der Waals surface area contributed by atoms with Gasteiger partial charge in [0.15, 0.2) is 0 Å². The van der Waals surface area contributed by atoms with Gasteiger partial charge in [-0.05, 0) is 17.7 Å². The molecule has 0 aliphatic carbocycles. The number of aliphatic hydroxyl groups is 1. The molecule has 0 heterocycles. The fourth-order valence-corrected chi connectivity index (χ4v) is 2.61. The third kappa shape index (κ3) is 5.72. The van der Waals surface area contributed by atoms with Crippen molar-refractivity contribution in [3.63, 3.8) is 0 Å². The molecule has 0 spiro atoms. The van der Waals surface area contributed by atoms with Crippen LogP contribution in [0.4, 0.5) is 5.69 Å². The Morgan fingerprint density at radius 1 is 1.00 bits per heavy atom. The van der Waals surface area contributed by atoms with Crippen LogP contribution in [0.3, 0.4) is 0 Å². The quantitative estimate of drug-likeness (QED) is 0.642. The van der Waals surface area contributed by atoms with Crippen LogP contribution in [-0.2, 0) is 11.3 Å². The van der Waals surface area contributed by atoms with Gasteiger partial charge < -0.3 is 15.7 Å². The Morgan fingerprint density at radius 3 is 2.46 bits per heavy atom. The second kappa shape index (κ2) is 9.75. The zero-order chi connectivity index (χ0) is 17.2. The molecule has 0 fully saturated rings. The van der Waals surface area contributed by atoms with Crippen molar-refractivity contribution in [1.82, 2.24) is 5.32 Å². The van der Waals surface area contributed by atoms with Crippen LogP contribution in [0.15, 0.2) is 54.6 Å². The van der Waals surface area contributed by atoms with Gasteiger partial charge in [0.05, 0.1) is 23.6 Å². The summed E-state index contributed by atoms with van der Waals surface area (Å²) in [5.74, 6) is 0.308. The van der Waals surface area contributed by atoms with Crippen LogP contribution in [0, 0.1) is 0 Å². The van der Waals surface area contributed by atoms with E-state index in [1.807, 2.05) is 30.3 Å². The summed E-state index contributed by atoms with van der Waals surface area (Å²) in [6.45, 7) is 0.463. The highest BCUT2D eigenvalue weighted by atomic mass is 32.2. The average Bonchev–Trinajstić information content (AvgIpc) is 2.61. The first kappa shape index (κ1) is 18.0. The number of carbonyl (C=O) groups excluding carboxylic acids is 2. The minimum atomic E-state index is -0.238. The van der Waals surface area contributed by atoms with Gasteiger partial charge in [-0.15, -0.1) is 11.8 Å². The molecule has 0 radical (unpaired) electrons. The maximum atomic E-state index is 12.4. The lowest BCUT2D eigenvalue weighted by molar-refractivity contribution is -0.113. The summed E-state index contributed by atoms with van der Waals surface area (Å²) in [6, 6.07) is 16.5. The monoisotopic (exact) mass is 344 g/mol. The summed E-state index contributed by atoms with van der Waals surface area (Å²) in [5.41, 5.74) is 1.92. The molecule has 0 unspecified atom stereocenters. The molecule has 2 rings (SSSR count). The number of aliphatic hydroxyl groups excluding tert-OH is 1. The van der Waals surface area contributed by atoms with Crippen LogP contribution >= 0.6 is 11.8 Å². The van der Waals surface area contributed by atoms with Gasteiger partial charge in [0, 0.05) is 12.3 Å². The molecule has 2 amide bonds. The number of carbonyl (C=O) groups is 2. The molecular formula is C18H20N2O3S. The third-order valence-corrected chi connectivity index (χ3v) is 4.15. The van der Waals surface area contributed by atoms with Crippen LogP contribution in [0.25, 0.3) is 0 Å². The van der Waals surface area contributed by atoms with Gasteiger partial charge in [-0.1, -0.05) is 42.5 Å². The zero-order valence-corrected chi connectivity index (χ0v) is 14.0. The SMILES string of the molecule is O=C(CSCCO)Nc1ccccc1C(=O)NCc1ccccc1. The van der Waals surface area contributed by atoms with Crippen molar-refractivity contribution in [2.24, 2.45) is 0 Å². The number of hydrogen-bond donors (Lipinski definition) is 3. The topological polar surface area (TPSA) is 78.4 Å². The zero-order valence-electron chi connectivity index (χ0n) is 13.2. The summed E-state index contributed by atoms with van der Waals surface area (Å²) in [7, 11) is 0.